The van der Waals surface area contributed by atoms with Gasteiger partial charge in [-0.05, 0) is 36.9 Å². The Morgan fingerprint density at radius 1 is 1.17 bits per heavy atom. The molecule has 0 radical (unpaired) electrons. The zero-order valence-electron chi connectivity index (χ0n) is 11.6. The maximum Gasteiger partial charge on any atom is 0.446 e. The van der Waals surface area contributed by atoms with Crippen LogP contribution in [0, 0.1) is 24.1 Å². The van der Waals surface area contributed by atoms with Crippen molar-refractivity contribution in [1.29, 1.82) is 5.26 Å². The van der Waals surface area contributed by atoms with Crippen molar-refractivity contribution in [3.8, 4) is 11.8 Å². The van der Waals surface area contributed by atoms with Crippen molar-refractivity contribution < 1.29 is 30.7 Å². The van der Waals surface area contributed by atoms with E-state index in [2.05, 4.69) is 5.10 Å². The molecule has 0 atom stereocenters. The molecule has 1 heterocycles. The third kappa shape index (κ3) is 3.64. The van der Waals surface area contributed by atoms with Crippen molar-refractivity contribution in [2.45, 2.75) is 23.5 Å². The fraction of sp³-hybridized carbons (Fsp3) is 0.231. The zero-order valence-corrected chi connectivity index (χ0v) is 12.4. The van der Waals surface area contributed by atoms with Crippen LogP contribution in [0.4, 0.5) is 30.7 Å². The zero-order chi connectivity index (χ0) is 18.3. The maximum atomic E-state index is 14.0. The van der Waals surface area contributed by atoms with Crippen LogP contribution in [0.5, 0.6) is 0 Å². The van der Waals surface area contributed by atoms with Crippen LogP contribution < -0.4 is 0 Å². The van der Waals surface area contributed by atoms with Gasteiger partial charge in [0, 0.05) is 0 Å². The molecule has 0 aliphatic rings. The van der Waals surface area contributed by atoms with Gasteiger partial charge in [-0.25, -0.2) is 9.07 Å². The topological polar surface area (TPSA) is 41.6 Å². The van der Waals surface area contributed by atoms with Crippen LogP contribution in [0.2, 0.25) is 0 Å². The summed E-state index contributed by atoms with van der Waals surface area (Å²) in [6.45, 7) is 1.15. The second-order valence-corrected chi connectivity index (χ2v) is 5.57. The van der Waals surface area contributed by atoms with Crippen LogP contribution in [0.3, 0.4) is 0 Å². The highest BCUT2D eigenvalue weighted by Crippen LogP contribution is 2.41. The number of thioether (sulfide) groups is 1. The Bertz CT molecular complexity index is 815. The fourth-order valence-corrected chi connectivity index (χ4v) is 2.54. The lowest BCUT2D eigenvalue weighted by molar-refractivity contribution is -0.137. The average Bonchev–Trinajstić information content (AvgIpc) is 2.73. The summed E-state index contributed by atoms with van der Waals surface area (Å²) in [5.41, 5.74) is -7.27. The molecule has 2 aromatic rings. The van der Waals surface area contributed by atoms with Crippen molar-refractivity contribution in [2.24, 2.45) is 0 Å². The van der Waals surface area contributed by atoms with E-state index in [-0.39, 0.29) is 11.8 Å². The Balaban J connectivity index is 2.57. The van der Waals surface area contributed by atoms with Crippen LogP contribution in [-0.4, -0.2) is 15.3 Å². The van der Waals surface area contributed by atoms with Gasteiger partial charge >= 0.3 is 11.7 Å². The summed E-state index contributed by atoms with van der Waals surface area (Å²) in [5.74, 6) is -1.33. The predicted molar refractivity (Wildman–Crippen MR) is 69.9 cm³/mol. The third-order valence-corrected chi connectivity index (χ3v) is 3.81. The number of nitriles is 1. The van der Waals surface area contributed by atoms with Gasteiger partial charge in [0.2, 0.25) is 0 Å². The number of hydrogen-bond acceptors (Lipinski definition) is 3. The van der Waals surface area contributed by atoms with E-state index in [1.807, 2.05) is 0 Å². The highest BCUT2D eigenvalue weighted by Gasteiger charge is 2.34. The average molecular weight is 369 g/mol. The van der Waals surface area contributed by atoms with Crippen molar-refractivity contribution in [1.82, 2.24) is 9.78 Å². The lowest BCUT2D eigenvalue weighted by atomic mass is 10.2. The van der Waals surface area contributed by atoms with Crippen molar-refractivity contribution in [3.63, 3.8) is 0 Å². The number of halogens is 7. The number of nitrogens with zero attached hydrogens (tertiary/aromatic N) is 3. The quantitative estimate of drug-likeness (QED) is 0.563. The van der Waals surface area contributed by atoms with Crippen LogP contribution in [-0.2, 0) is 6.18 Å². The standard InChI is InChI=1S/C13H6F7N3S/c1-6-11(24-13(18,19)20)9(5-21)22-23(6)10-3-2-7(4-8(10)14)12(15,16)17/h2-4H,1H3. The van der Waals surface area contributed by atoms with Crippen molar-refractivity contribution in [2.75, 3.05) is 0 Å². The van der Waals surface area contributed by atoms with Gasteiger partial charge in [0.15, 0.2) is 5.69 Å². The number of hydrogen-bond donors (Lipinski definition) is 0. The molecular weight excluding hydrogens is 363 g/mol. The number of aromatic nitrogens is 2. The molecule has 3 nitrogen and oxygen atoms in total. The first-order valence-corrected chi connectivity index (χ1v) is 6.88. The Labute approximate surface area is 134 Å². The van der Waals surface area contributed by atoms with E-state index in [1.54, 1.807) is 0 Å². The number of benzene rings is 1. The molecule has 0 N–H and O–H groups in total. The van der Waals surface area contributed by atoms with E-state index >= 15 is 0 Å². The smallest absolute Gasteiger partial charge is 0.233 e. The molecule has 1 aromatic heterocycles. The predicted octanol–water partition coefficient (Wildman–Crippen LogP) is 4.82. The number of alkyl halides is 6. The molecule has 128 valence electrons. The lowest BCUT2D eigenvalue weighted by Crippen LogP contribution is -2.08. The van der Waals surface area contributed by atoms with E-state index in [0.717, 1.165) is 13.0 Å². The molecule has 0 saturated heterocycles. The summed E-state index contributed by atoms with van der Waals surface area (Å²) < 4.78 is 89.8. The van der Waals surface area contributed by atoms with E-state index in [0.29, 0.717) is 10.7 Å². The summed E-state index contributed by atoms with van der Waals surface area (Å²) in [4.78, 5) is -0.538. The third-order valence-electron chi connectivity index (χ3n) is 2.89. The number of rotatable bonds is 2. The van der Waals surface area contributed by atoms with Gasteiger partial charge in [-0.2, -0.15) is 36.7 Å². The SMILES string of the molecule is Cc1c(SC(F)(F)F)c(C#N)nn1-c1ccc(C(F)(F)F)cc1F. The van der Waals surface area contributed by atoms with E-state index in [9.17, 15) is 30.7 Å². The van der Waals surface area contributed by atoms with Crippen LogP contribution in [0.1, 0.15) is 17.0 Å². The molecule has 24 heavy (non-hydrogen) atoms. The molecular formula is C13H6F7N3S. The first-order chi connectivity index (χ1) is 10.9. The molecule has 0 saturated carbocycles. The molecule has 1 aromatic carbocycles. The fourth-order valence-electron chi connectivity index (χ4n) is 1.89. The molecule has 11 heteroatoms. The molecule has 0 spiro atoms. The van der Waals surface area contributed by atoms with Gasteiger partial charge in [0.25, 0.3) is 0 Å². The monoisotopic (exact) mass is 369 g/mol. The summed E-state index contributed by atoms with van der Waals surface area (Å²) >= 11 is -0.601. The normalized spacial score (nSPS) is 12.3. The van der Waals surface area contributed by atoms with E-state index < -0.39 is 51.1 Å². The summed E-state index contributed by atoms with van der Waals surface area (Å²) in [7, 11) is 0. The van der Waals surface area contributed by atoms with Gasteiger partial charge in [-0.15, -0.1) is 0 Å². The minimum atomic E-state index is -4.77. The van der Waals surface area contributed by atoms with Gasteiger partial charge in [-0.3, -0.25) is 0 Å². The van der Waals surface area contributed by atoms with Crippen molar-refractivity contribution >= 4 is 11.8 Å². The van der Waals surface area contributed by atoms with Crippen LogP contribution in [0.25, 0.3) is 5.69 Å². The lowest BCUT2D eigenvalue weighted by Gasteiger charge is -2.10. The first kappa shape index (κ1) is 18.1. The largest absolute Gasteiger partial charge is 0.446 e. The summed E-state index contributed by atoms with van der Waals surface area (Å²) in [6.07, 6.45) is -4.77. The Morgan fingerprint density at radius 3 is 2.25 bits per heavy atom. The Morgan fingerprint density at radius 2 is 1.79 bits per heavy atom. The Hall–Kier alpha value is -2.22. The van der Waals surface area contributed by atoms with E-state index in [4.69, 9.17) is 5.26 Å². The van der Waals surface area contributed by atoms with Gasteiger partial charge in [-0.1, -0.05) is 0 Å². The minimum absolute atomic E-state index is 0.207. The molecule has 0 unspecified atom stereocenters. The maximum absolute atomic E-state index is 14.0. The first-order valence-electron chi connectivity index (χ1n) is 6.06. The highest BCUT2D eigenvalue weighted by atomic mass is 32.2. The summed E-state index contributed by atoms with van der Waals surface area (Å²) in [6, 6.07) is 2.97. The Kier molecular flexibility index (Phi) is 4.54. The molecule has 0 aliphatic heterocycles. The van der Waals surface area contributed by atoms with E-state index in [1.165, 1.54) is 6.07 Å². The van der Waals surface area contributed by atoms with Crippen LogP contribution >= 0.6 is 11.8 Å². The highest BCUT2D eigenvalue weighted by molar-refractivity contribution is 8.00. The molecule has 2 rings (SSSR count). The second kappa shape index (κ2) is 6.01. The minimum Gasteiger partial charge on any atom is -0.233 e. The van der Waals surface area contributed by atoms with Gasteiger partial charge in [0.1, 0.15) is 17.6 Å². The molecule has 0 fully saturated rings. The molecule has 0 amide bonds. The summed E-state index contributed by atoms with van der Waals surface area (Å²) in [5, 5.41) is 12.4. The van der Waals surface area contributed by atoms with Crippen molar-refractivity contribution in [3.05, 3.63) is 41.0 Å². The molecule has 0 aliphatic carbocycles. The van der Waals surface area contributed by atoms with Gasteiger partial charge < -0.3 is 0 Å². The molecule has 0 bridgehead atoms. The van der Waals surface area contributed by atoms with Crippen LogP contribution in [0.15, 0.2) is 23.1 Å². The van der Waals surface area contributed by atoms with Gasteiger partial charge in [0.05, 0.1) is 16.2 Å². The second-order valence-electron chi connectivity index (χ2n) is 4.50.